The summed E-state index contributed by atoms with van der Waals surface area (Å²) in [6.45, 7) is 1.61. The van der Waals surface area contributed by atoms with E-state index in [1.807, 2.05) is 6.26 Å². The van der Waals surface area contributed by atoms with E-state index in [1.54, 1.807) is 40.9 Å². The number of sulfonamides is 1. The zero-order valence-corrected chi connectivity index (χ0v) is 12.3. The van der Waals surface area contributed by atoms with E-state index in [4.69, 9.17) is 0 Å². The molecule has 1 aliphatic rings. The number of nitrogens with zero attached hydrogens (tertiary/aromatic N) is 2. The van der Waals surface area contributed by atoms with Crippen LogP contribution < -0.4 is 0 Å². The summed E-state index contributed by atoms with van der Waals surface area (Å²) in [4.78, 5) is 13.5. The van der Waals surface area contributed by atoms with Gasteiger partial charge in [0.25, 0.3) is 0 Å². The monoisotopic (exact) mass is 300 g/mol. The van der Waals surface area contributed by atoms with E-state index in [0.717, 1.165) is 11.3 Å². The fourth-order valence-electron chi connectivity index (χ4n) is 1.95. The van der Waals surface area contributed by atoms with E-state index < -0.39 is 10.0 Å². The molecule has 7 heteroatoms. The van der Waals surface area contributed by atoms with Crippen LogP contribution in [-0.4, -0.2) is 56.5 Å². The molecule has 0 unspecified atom stereocenters. The van der Waals surface area contributed by atoms with Crippen molar-refractivity contribution in [2.75, 3.05) is 32.4 Å². The van der Waals surface area contributed by atoms with Crippen LogP contribution in [0.3, 0.4) is 0 Å². The molecule has 19 heavy (non-hydrogen) atoms. The zero-order chi connectivity index (χ0) is 13.9. The van der Waals surface area contributed by atoms with Crippen LogP contribution in [0.5, 0.6) is 0 Å². The molecule has 0 atom stereocenters. The highest BCUT2D eigenvalue weighted by Crippen LogP contribution is 2.21. The zero-order valence-electron chi connectivity index (χ0n) is 10.7. The molecule has 5 nitrogen and oxygen atoms in total. The van der Waals surface area contributed by atoms with Gasteiger partial charge in [-0.15, -0.1) is 11.8 Å². The third-order valence-corrected chi connectivity index (χ3v) is 5.78. The van der Waals surface area contributed by atoms with E-state index in [-0.39, 0.29) is 0 Å². The van der Waals surface area contributed by atoms with Gasteiger partial charge in [0.1, 0.15) is 0 Å². The van der Waals surface area contributed by atoms with E-state index in [2.05, 4.69) is 0 Å². The van der Waals surface area contributed by atoms with Gasteiger partial charge in [-0.1, -0.05) is 0 Å². The van der Waals surface area contributed by atoms with Crippen LogP contribution in [0.4, 0.5) is 0 Å². The van der Waals surface area contributed by atoms with Crippen LogP contribution in [0.15, 0.2) is 34.1 Å². The van der Waals surface area contributed by atoms with Gasteiger partial charge in [-0.05, 0) is 30.5 Å². The number of rotatable bonds is 4. The molecular weight excluding hydrogens is 284 g/mol. The Morgan fingerprint density at radius 2 is 1.68 bits per heavy atom. The number of piperazine rings is 1. The molecule has 1 fully saturated rings. The first-order valence-electron chi connectivity index (χ1n) is 5.91. The number of carbonyl (C=O) groups is 1. The van der Waals surface area contributed by atoms with Crippen LogP contribution in [0.1, 0.15) is 0 Å². The Bertz CT molecular complexity index is 535. The summed E-state index contributed by atoms with van der Waals surface area (Å²) in [5, 5.41) is 0. The fraction of sp³-hybridized carbons (Fsp3) is 0.417. The number of benzene rings is 1. The summed E-state index contributed by atoms with van der Waals surface area (Å²) in [5.41, 5.74) is 0. The number of hydrogen-bond donors (Lipinski definition) is 0. The smallest absolute Gasteiger partial charge is 0.243 e. The fourth-order valence-corrected chi connectivity index (χ4v) is 3.78. The van der Waals surface area contributed by atoms with Crippen LogP contribution in [0.2, 0.25) is 0 Å². The van der Waals surface area contributed by atoms with Crippen LogP contribution >= 0.6 is 11.8 Å². The molecule has 1 heterocycles. The lowest BCUT2D eigenvalue weighted by Gasteiger charge is -2.31. The average Bonchev–Trinajstić information content (AvgIpc) is 2.47. The number of carbonyl (C=O) groups excluding carboxylic acids is 1. The van der Waals surface area contributed by atoms with Crippen molar-refractivity contribution < 1.29 is 13.2 Å². The van der Waals surface area contributed by atoms with Crippen molar-refractivity contribution in [2.45, 2.75) is 9.79 Å². The van der Waals surface area contributed by atoms with Gasteiger partial charge in [-0.25, -0.2) is 8.42 Å². The summed E-state index contributed by atoms with van der Waals surface area (Å²) in [5.74, 6) is 0. The lowest BCUT2D eigenvalue weighted by Crippen LogP contribution is -2.47. The molecule has 1 aromatic carbocycles. The third-order valence-electron chi connectivity index (χ3n) is 3.12. The lowest BCUT2D eigenvalue weighted by molar-refractivity contribution is -0.119. The predicted octanol–water partition coefficient (Wildman–Crippen LogP) is 0.871. The van der Waals surface area contributed by atoms with Crippen LogP contribution in [0, 0.1) is 0 Å². The minimum atomic E-state index is -3.44. The van der Waals surface area contributed by atoms with Crippen molar-refractivity contribution in [2.24, 2.45) is 0 Å². The van der Waals surface area contributed by atoms with Crippen molar-refractivity contribution in [1.29, 1.82) is 0 Å². The molecule has 0 aromatic heterocycles. The first-order valence-corrected chi connectivity index (χ1v) is 8.58. The Kier molecular flexibility index (Phi) is 4.49. The minimum Gasteiger partial charge on any atom is -0.343 e. The van der Waals surface area contributed by atoms with Crippen LogP contribution in [0.25, 0.3) is 0 Å². The highest BCUT2D eigenvalue weighted by atomic mass is 32.2. The molecule has 2 rings (SSSR count). The maximum atomic E-state index is 12.4. The number of amides is 1. The summed E-state index contributed by atoms with van der Waals surface area (Å²) in [6, 6.07) is 6.87. The molecule has 0 saturated carbocycles. The second-order valence-corrected chi connectivity index (χ2v) is 7.04. The van der Waals surface area contributed by atoms with Gasteiger partial charge in [0, 0.05) is 31.1 Å². The molecule has 1 aromatic rings. The topological polar surface area (TPSA) is 57.7 Å². The van der Waals surface area contributed by atoms with Crippen molar-refractivity contribution in [3.05, 3.63) is 24.3 Å². The molecular formula is C12H16N2O3S2. The molecule has 0 spiro atoms. The van der Waals surface area contributed by atoms with E-state index in [9.17, 15) is 13.2 Å². The summed E-state index contributed by atoms with van der Waals surface area (Å²) in [7, 11) is -3.44. The molecule has 0 radical (unpaired) electrons. The number of hydrogen-bond acceptors (Lipinski definition) is 4. The van der Waals surface area contributed by atoms with E-state index in [0.29, 0.717) is 31.1 Å². The normalized spacial score (nSPS) is 17.4. The maximum absolute atomic E-state index is 12.4. The van der Waals surface area contributed by atoms with Gasteiger partial charge < -0.3 is 4.90 Å². The molecule has 0 aliphatic carbocycles. The van der Waals surface area contributed by atoms with Gasteiger partial charge in [0.05, 0.1) is 4.90 Å². The molecule has 104 valence electrons. The highest BCUT2D eigenvalue weighted by Gasteiger charge is 2.27. The Morgan fingerprint density at radius 1 is 1.11 bits per heavy atom. The van der Waals surface area contributed by atoms with Gasteiger partial charge in [-0.2, -0.15) is 4.31 Å². The Hall–Kier alpha value is -1.05. The second-order valence-electron chi connectivity index (χ2n) is 4.22. The van der Waals surface area contributed by atoms with E-state index >= 15 is 0 Å². The Balaban J connectivity index is 2.15. The number of thioether (sulfide) groups is 1. The van der Waals surface area contributed by atoms with Gasteiger partial charge in [0.15, 0.2) is 0 Å². The third kappa shape index (κ3) is 3.10. The molecule has 0 N–H and O–H groups in total. The Morgan fingerprint density at radius 3 is 2.16 bits per heavy atom. The van der Waals surface area contributed by atoms with Gasteiger partial charge in [-0.3, -0.25) is 4.79 Å². The first-order chi connectivity index (χ1) is 9.07. The molecule has 0 bridgehead atoms. The quantitative estimate of drug-likeness (QED) is 0.611. The van der Waals surface area contributed by atoms with Crippen molar-refractivity contribution in [1.82, 2.24) is 9.21 Å². The SMILES string of the molecule is CSc1ccc(S(=O)(=O)N2CCN(C=O)CC2)cc1. The summed E-state index contributed by atoms with van der Waals surface area (Å²) < 4.78 is 26.2. The molecule has 1 aliphatic heterocycles. The molecule has 1 amide bonds. The maximum Gasteiger partial charge on any atom is 0.243 e. The van der Waals surface area contributed by atoms with E-state index in [1.165, 1.54) is 4.31 Å². The molecule has 1 saturated heterocycles. The largest absolute Gasteiger partial charge is 0.343 e. The van der Waals surface area contributed by atoms with Crippen molar-refractivity contribution in [3.8, 4) is 0 Å². The summed E-state index contributed by atoms with van der Waals surface area (Å²) >= 11 is 1.57. The van der Waals surface area contributed by atoms with Crippen molar-refractivity contribution in [3.63, 3.8) is 0 Å². The van der Waals surface area contributed by atoms with Gasteiger partial charge >= 0.3 is 0 Å². The second kappa shape index (κ2) is 5.94. The van der Waals surface area contributed by atoms with Gasteiger partial charge in [0.2, 0.25) is 16.4 Å². The van der Waals surface area contributed by atoms with Crippen LogP contribution in [-0.2, 0) is 14.8 Å². The standard InChI is InChI=1S/C12H16N2O3S2/c1-18-11-2-4-12(5-3-11)19(16,17)14-8-6-13(10-15)7-9-14/h2-5,10H,6-9H2,1H3. The first kappa shape index (κ1) is 14.4. The average molecular weight is 300 g/mol. The lowest BCUT2D eigenvalue weighted by atomic mass is 10.4. The minimum absolute atomic E-state index is 0.310. The Labute approximate surface area is 117 Å². The highest BCUT2D eigenvalue weighted by molar-refractivity contribution is 7.98. The summed E-state index contributed by atoms with van der Waals surface area (Å²) in [6.07, 6.45) is 2.71. The van der Waals surface area contributed by atoms with Crippen molar-refractivity contribution >= 4 is 28.2 Å². The predicted molar refractivity (Wildman–Crippen MR) is 74.6 cm³/mol.